The molecular formula is C22H28N4O2. The second kappa shape index (κ2) is 7.67. The molecule has 28 heavy (non-hydrogen) atoms. The van der Waals surface area contributed by atoms with Crippen molar-refractivity contribution in [3.63, 3.8) is 0 Å². The van der Waals surface area contributed by atoms with Gasteiger partial charge in [-0.15, -0.1) is 0 Å². The maximum absolute atomic E-state index is 12.5. The highest BCUT2D eigenvalue weighted by molar-refractivity contribution is 5.99. The molecule has 2 aliphatic rings. The molecule has 0 bridgehead atoms. The summed E-state index contributed by atoms with van der Waals surface area (Å²) >= 11 is 0. The van der Waals surface area contributed by atoms with Gasteiger partial charge in [-0.1, -0.05) is 25.8 Å². The zero-order valence-corrected chi connectivity index (χ0v) is 17.1. The average molecular weight is 380 g/mol. The van der Waals surface area contributed by atoms with Crippen molar-refractivity contribution in [3.8, 4) is 12.0 Å². The highest BCUT2D eigenvalue weighted by atomic mass is 16.1. The second-order valence-corrected chi connectivity index (χ2v) is 8.34. The molecule has 1 aliphatic heterocycles. The number of nitrogens with two attached hydrogens (primary N) is 1. The fraction of sp³-hybridized carbons (Fsp3) is 0.500. The quantitative estimate of drug-likeness (QED) is 0.484. The van der Waals surface area contributed by atoms with Crippen LogP contribution < -0.4 is 5.73 Å². The van der Waals surface area contributed by atoms with Crippen LogP contribution in [0.1, 0.15) is 61.8 Å². The molecule has 6 nitrogen and oxygen atoms in total. The van der Waals surface area contributed by atoms with Crippen molar-refractivity contribution in [3.05, 3.63) is 40.4 Å². The van der Waals surface area contributed by atoms with E-state index in [0.717, 1.165) is 48.5 Å². The van der Waals surface area contributed by atoms with Crippen LogP contribution in [-0.2, 0) is 17.8 Å². The Balaban J connectivity index is 1.86. The number of aryl methyl sites for hydroxylation is 1. The minimum absolute atomic E-state index is 0.0696. The average Bonchev–Trinajstić information content (AvgIpc) is 2.93. The fourth-order valence-corrected chi connectivity index (χ4v) is 3.94. The molecule has 1 amide bonds. The number of ketones is 1. The van der Waals surface area contributed by atoms with E-state index in [1.54, 1.807) is 6.08 Å². The van der Waals surface area contributed by atoms with Gasteiger partial charge in [0.1, 0.15) is 0 Å². The molecule has 0 fully saturated rings. The number of allylic oxidation sites excluding steroid dienone is 2. The van der Waals surface area contributed by atoms with Gasteiger partial charge in [0.15, 0.2) is 5.78 Å². The van der Waals surface area contributed by atoms with E-state index in [1.807, 2.05) is 29.5 Å². The van der Waals surface area contributed by atoms with Gasteiger partial charge in [0.25, 0.3) is 0 Å². The lowest BCUT2D eigenvalue weighted by atomic mass is 9.75. The molecule has 0 radical (unpaired) electrons. The van der Waals surface area contributed by atoms with Crippen LogP contribution in [0.3, 0.4) is 0 Å². The highest BCUT2D eigenvalue weighted by Crippen LogP contribution is 2.35. The van der Waals surface area contributed by atoms with Gasteiger partial charge in [0.2, 0.25) is 5.91 Å². The van der Waals surface area contributed by atoms with Crippen LogP contribution in [0, 0.1) is 24.3 Å². The molecule has 148 valence electrons. The highest BCUT2D eigenvalue weighted by Gasteiger charge is 2.35. The fourth-order valence-electron chi connectivity index (χ4n) is 3.94. The summed E-state index contributed by atoms with van der Waals surface area (Å²) in [6.07, 6.45) is 6.83. The lowest BCUT2D eigenvalue weighted by Gasteiger charge is -2.29. The molecule has 0 saturated carbocycles. The maximum atomic E-state index is 12.5. The summed E-state index contributed by atoms with van der Waals surface area (Å²) in [5.41, 5.74) is 9.26. The van der Waals surface area contributed by atoms with Crippen LogP contribution >= 0.6 is 0 Å². The Bertz CT molecular complexity index is 938. The minimum atomic E-state index is -0.476. The van der Waals surface area contributed by atoms with E-state index in [1.165, 1.54) is 0 Å². The summed E-state index contributed by atoms with van der Waals surface area (Å²) in [6.45, 7) is 9.23. The van der Waals surface area contributed by atoms with Gasteiger partial charge in [-0.3, -0.25) is 14.3 Å². The number of rotatable bonds is 5. The van der Waals surface area contributed by atoms with Crippen molar-refractivity contribution in [1.82, 2.24) is 14.7 Å². The molecular weight excluding hydrogens is 352 g/mol. The van der Waals surface area contributed by atoms with Crippen molar-refractivity contribution in [2.24, 2.45) is 11.1 Å². The largest absolute Gasteiger partial charge is 0.366 e. The Labute approximate surface area is 166 Å². The Morgan fingerprint density at radius 2 is 2.11 bits per heavy atom. The van der Waals surface area contributed by atoms with Crippen LogP contribution in [0.4, 0.5) is 0 Å². The summed E-state index contributed by atoms with van der Waals surface area (Å²) in [4.78, 5) is 26.4. The topological polar surface area (TPSA) is 81.2 Å². The third-order valence-corrected chi connectivity index (χ3v) is 5.32. The van der Waals surface area contributed by atoms with E-state index in [2.05, 4.69) is 30.9 Å². The second-order valence-electron chi connectivity index (χ2n) is 8.34. The number of hydrogen-bond acceptors (Lipinski definition) is 4. The molecule has 0 saturated heterocycles. The van der Waals surface area contributed by atoms with E-state index in [0.29, 0.717) is 18.5 Å². The molecule has 1 aliphatic carbocycles. The van der Waals surface area contributed by atoms with Crippen LogP contribution in [0.15, 0.2) is 23.4 Å². The molecule has 2 heterocycles. The number of nitrogens with zero attached hydrogens (tertiary/aromatic N) is 3. The molecule has 2 N–H and O–H groups in total. The van der Waals surface area contributed by atoms with Gasteiger partial charge >= 0.3 is 0 Å². The molecule has 0 atom stereocenters. The summed E-state index contributed by atoms with van der Waals surface area (Å²) in [6, 6.07) is 3.05. The molecule has 0 spiro atoms. The number of carbonyl (C=O) groups is 2. The number of aromatic nitrogens is 2. The SMILES string of the molecule is C/C(=C(\C=C/Cn1nc(C)c2c1CC(C)(C)CC2=O)C(N)=O)N1C#CCCC1. The van der Waals surface area contributed by atoms with Gasteiger partial charge in [0.05, 0.1) is 29.1 Å². The zero-order chi connectivity index (χ0) is 20.5. The summed E-state index contributed by atoms with van der Waals surface area (Å²) in [7, 11) is 0. The molecule has 1 aromatic rings. The Hall–Kier alpha value is -2.81. The number of Topliss-reactive ketones (excluding diaryl/α,β-unsaturated/α-hetero) is 1. The van der Waals surface area contributed by atoms with E-state index in [4.69, 9.17) is 5.73 Å². The first-order chi connectivity index (χ1) is 13.2. The summed E-state index contributed by atoms with van der Waals surface area (Å²) < 4.78 is 1.87. The maximum Gasteiger partial charge on any atom is 0.250 e. The van der Waals surface area contributed by atoms with E-state index >= 15 is 0 Å². The number of amides is 1. The van der Waals surface area contributed by atoms with Crippen LogP contribution in [0.5, 0.6) is 0 Å². The predicted octanol–water partition coefficient (Wildman–Crippen LogP) is 2.72. The minimum Gasteiger partial charge on any atom is -0.366 e. The zero-order valence-electron chi connectivity index (χ0n) is 17.1. The number of hydrogen-bond donors (Lipinski definition) is 1. The van der Waals surface area contributed by atoms with Gasteiger partial charge in [-0.05, 0) is 38.2 Å². The normalized spacial score (nSPS) is 19.1. The predicted molar refractivity (Wildman–Crippen MR) is 108 cm³/mol. The van der Waals surface area contributed by atoms with Gasteiger partial charge in [0, 0.05) is 31.1 Å². The molecule has 0 unspecified atom stereocenters. The first-order valence-electron chi connectivity index (χ1n) is 9.72. The van der Waals surface area contributed by atoms with Crippen LogP contribution in [0.25, 0.3) is 0 Å². The monoisotopic (exact) mass is 380 g/mol. The van der Waals surface area contributed by atoms with E-state index in [9.17, 15) is 9.59 Å². The number of carbonyl (C=O) groups excluding carboxylic acids is 2. The molecule has 6 heteroatoms. The van der Waals surface area contributed by atoms with Crippen LogP contribution in [0.2, 0.25) is 0 Å². The lowest BCUT2D eigenvalue weighted by molar-refractivity contribution is -0.114. The van der Waals surface area contributed by atoms with Crippen molar-refractivity contribution >= 4 is 11.7 Å². The van der Waals surface area contributed by atoms with E-state index in [-0.39, 0.29) is 11.2 Å². The summed E-state index contributed by atoms with van der Waals surface area (Å²) in [5, 5.41) is 4.56. The third-order valence-electron chi connectivity index (χ3n) is 5.32. The first-order valence-corrected chi connectivity index (χ1v) is 9.72. The third kappa shape index (κ3) is 4.04. The molecule has 3 rings (SSSR count). The van der Waals surface area contributed by atoms with Gasteiger partial charge < -0.3 is 10.6 Å². The van der Waals surface area contributed by atoms with Gasteiger partial charge in [-0.25, -0.2) is 0 Å². The lowest BCUT2D eigenvalue weighted by Crippen LogP contribution is -2.28. The van der Waals surface area contributed by atoms with Crippen LogP contribution in [-0.4, -0.2) is 32.9 Å². The number of fused-ring (bicyclic) bond motifs is 1. The molecule has 0 aromatic carbocycles. The van der Waals surface area contributed by atoms with Crippen molar-refractivity contribution in [1.29, 1.82) is 0 Å². The Morgan fingerprint density at radius 3 is 2.75 bits per heavy atom. The smallest absolute Gasteiger partial charge is 0.250 e. The Morgan fingerprint density at radius 1 is 1.36 bits per heavy atom. The van der Waals surface area contributed by atoms with Crippen molar-refractivity contribution < 1.29 is 9.59 Å². The van der Waals surface area contributed by atoms with E-state index < -0.39 is 5.91 Å². The van der Waals surface area contributed by atoms with Crippen molar-refractivity contribution in [2.45, 2.75) is 59.9 Å². The Kier molecular flexibility index (Phi) is 5.46. The standard InChI is InChI=1S/C22H28N4O2/c1-15-20-18(13-22(3,4)14-19(20)27)26(24-15)12-8-9-17(21(23)28)16(2)25-10-6-5-7-11-25/h8-9H,5-6,10,12-14H2,1-4H3,(H2,23,28)/b9-8-,17-16-. The van der Waals surface area contributed by atoms with Crippen molar-refractivity contribution in [2.75, 3.05) is 6.54 Å². The summed E-state index contributed by atoms with van der Waals surface area (Å²) in [5.74, 6) is 2.75. The first kappa shape index (κ1) is 19.9. The molecule has 1 aromatic heterocycles. The van der Waals surface area contributed by atoms with Gasteiger partial charge in [-0.2, -0.15) is 5.10 Å². The number of primary amides is 1.